The van der Waals surface area contributed by atoms with Crippen LogP contribution in [0.5, 0.6) is 0 Å². The highest BCUT2D eigenvalue weighted by Crippen LogP contribution is 2.43. The molecule has 0 bridgehead atoms. The number of benzene rings is 1. The summed E-state index contributed by atoms with van der Waals surface area (Å²) >= 11 is 0. The lowest BCUT2D eigenvalue weighted by Gasteiger charge is -2.58. The molecular formula is C28H31N3O3. The molecule has 0 radical (unpaired) electrons. The van der Waals surface area contributed by atoms with Crippen molar-refractivity contribution in [2.45, 2.75) is 56.5 Å². The molecule has 1 aromatic heterocycles. The monoisotopic (exact) mass is 457 g/mol. The van der Waals surface area contributed by atoms with Crippen molar-refractivity contribution in [3.63, 3.8) is 0 Å². The maximum atomic E-state index is 12.9. The van der Waals surface area contributed by atoms with Gasteiger partial charge in [0.25, 0.3) is 0 Å². The van der Waals surface area contributed by atoms with Crippen LogP contribution in [0.2, 0.25) is 0 Å². The predicted octanol–water partition coefficient (Wildman–Crippen LogP) is 2.75. The first-order chi connectivity index (χ1) is 16.6. The highest BCUT2D eigenvalue weighted by atomic mass is 16.3. The largest absolute Gasteiger partial charge is 0.394 e. The van der Waals surface area contributed by atoms with Crippen molar-refractivity contribution >= 4 is 11.8 Å². The van der Waals surface area contributed by atoms with E-state index in [-0.39, 0.29) is 49.4 Å². The molecule has 1 saturated carbocycles. The molecule has 34 heavy (non-hydrogen) atoms. The average Bonchev–Trinajstić information content (AvgIpc) is 3.35. The maximum Gasteiger partial charge on any atom is 0.242 e. The molecule has 2 aliphatic heterocycles. The van der Waals surface area contributed by atoms with Gasteiger partial charge in [-0.15, -0.1) is 0 Å². The molecular weight excluding hydrogens is 426 g/mol. The zero-order chi connectivity index (χ0) is 23.5. The van der Waals surface area contributed by atoms with Crippen molar-refractivity contribution in [2.75, 3.05) is 19.7 Å². The summed E-state index contributed by atoms with van der Waals surface area (Å²) in [4.78, 5) is 33.4. The number of hydrogen-bond acceptors (Lipinski definition) is 4. The first-order valence-corrected chi connectivity index (χ1v) is 12.3. The lowest BCUT2D eigenvalue weighted by Crippen LogP contribution is -2.73. The highest BCUT2D eigenvalue weighted by molar-refractivity contribution is 5.88. The molecule has 5 rings (SSSR count). The minimum Gasteiger partial charge on any atom is -0.394 e. The van der Waals surface area contributed by atoms with Crippen LogP contribution in [0.15, 0.2) is 48.7 Å². The second kappa shape index (κ2) is 9.99. The summed E-state index contributed by atoms with van der Waals surface area (Å²) < 4.78 is 0. The molecule has 1 aliphatic carbocycles. The van der Waals surface area contributed by atoms with Gasteiger partial charge in [-0.1, -0.05) is 42.9 Å². The third-order valence-corrected chi connectivity index (χ3v) is 7.56. The summed E-state index contributed by atoms with van der Waals surface area (Å²) in [7, 11) is 0. The number of aliphatic hydroxyl groups excluding tert-OH is 1. The molecule has 2 saturated heterocycles. The van der Waals surface area contributed by atoms with Gasteiger partial charge in [-0.3, -0.25) is 14.6 Å². The van der Waals surface area contributed by atoms with Crippen molar-refractivity contribution in [3.05, 3.63) is 65.5 Å². The minimum absolute atomic E-state index is 0.0000942. The summed E-state index contributed by atoms with van der Waals surface area (Å²) in [5.74, 6) is 7.18. The lowest BCUT2D eigenvalue weighted by atomic mass is 9.73. The van der Waals surface area contributed by atoms with Crippen LogP contribution >= 0.6 is 0 Å². The van der Waals surface area contributed by atoms with Crippen LogP contribution in [0.3, 0.4) is 0 Å². The van der Waals surface area contributed by atoms with E-state index >= 15 is 0 Å². The standard InChI is InChI=1S/C28H31N3O3/c32-19-25-28(22-13-11-21(12-14-22)9-5-8-20-6-1-2-7-20)24-17-30(18-27(34)31(24)25)26(33)16-23-10-3-4-15-29-23/h3-4,10-15,20,24-25,28,32H,1-2,6-8,16-19H2/t24-,25-,28-/m1/s1. The third-order valence-electron chi connectivity index (χ3n) is 7.56. The molecule has 176 valence electrons. The molecule has 0 unspecified atom stereocenters. The number of carbonyl (C=O) groups is 2. The van der Waals surface area contributed by atoms with Crippen molar-refractivity contribution in [1.82, 2.24) is 14.8 Å². The maximum absolute atomic E-state index is 12.9. The van der Waals surface area contributed by atoms with Crippen LogP contribution in [-0.2, 0) is 16.0 Å². The van der Waals surface area contributed by atoms with Crippen molar-refractivity contribution < 1.29 is 14.7 Å². The second-order valence-corrected chi connectivity index (χ2v) is 9.69. The van der Waals surface area contributed by atoms with Crippen molar-refractivity contribution in [1.29, 1.82) is 0 Å². The van der Waals surface area contributed by atoms with Gasteiger partial charge in [0, 0.05) is 36.3 Å². The summed E-state index contributed by atoms with van der Waals surface area (Å²) in [6.45, 7) is 0.445. The summed E-state index contributed by atoms with van der Waals surface area (Å²) in [5.41, 5.74) is 2.77. The zero-order valence-corrected chi connectivity index (χ0v) is 19.4. The Morgan fingerprint density at radius 1 is 1.12 bits per heavy atom. The Labute approximate surface area is 201 Å². The van der Waals surface area contributed by atoms with Crippen LogP contribution in [0.4, 0.5) is 0 Å². The first kappa shape index (κ1) is 22.6. The van der Waals surface area contributed by atoms with Gasteiger partial charge < -0.3 is 14.9 Å². The van der Waals surface area contributed by atoms with Crippen LogP contribution < -0.4 is 0 Å². The van der Waals surface area contributed by atoms with Gasteiger partial charge in [-0.05, 0) is 48.6 Å². The quantitative estimate of drug-likeness (QED) is 0.701. The van der Waals surface area contributed by atoms with E-state index in [9.17, 15) is 14.7 Å². The van der Waals surface area contributed by atoms with Crippen molar-refractivity contribution in [3.8, 4) is 11.8 Å². The molecule has 1 aromatic carbocycles. The Kier molecular flexibility index (Phi) is 6.64. The minimum atomic E-state index is -0.246. The van der Waals surface area contributed by atoms with Crippen LogP contribution in [0.25, 0.3) is 0 Å². The number of aromatic nitrogens is 1. The number of nitrogens with zero attached hydrogens (tertiary/aromatic N) is 3. The highest BCUT2D eigenvalue weighted by Gasteiger charge is 2.54. The van der Waals surface area contributed by atoms with E-state index in [0.717, 1.165) is 23.5 Å². The fourth-order valence-electron chi connectivity index (χ4n) is 5.76. The topological polar surface area (TPSA) is 73.7 Å². The number of rotatable bonds is 5. The fraction of sp³-hybridized carbons (Fsp3) is 0.464. The van der Waals surface area contributed by atoms with E-state index in [1.807, 2.05) is 30.3 Å². The van der Waals surface area contributed by atoms with Crippen LogP contribution in [0, 0.1) is 17.8 Å². The molecule has 2 amide bonds. The smallest absolute Gasteiger partial charge is 0.242 e. The number of hydrogen-bond donors (Lipinski definition) is 1. The first-order valence-electron chi connectivity index (χ1n) is 12.3. The number of pyridine rings is 1. The Morgan fingerprint density at radius 3 is 2.62 bits per heavy atom. The Bertz CT molecular complexity index is 1080. The molecule has 0 spiro atoms. The molecule has 6 nitrogen and oxygen atoms in total. The van der Waals surface area contributed by atoms with Gasteiger partial charge >= 0.3 is 0 Å². The Balaban J connectivity index is 1.26. The van der Waals surface area contributed by atoms with E-state index in [1.165, 1.54) is 25.7 Å². The van der Waals surface area contributed by atoms with Crippen LogP contribution in [-0.4, -0.2) is 63.5 Å². The number of piperazine rings is 1. The van der Waals surface area contributed by atoms with Gasteiger partial charge in [-0.25, -0.2) is 0 Å². The Hall–Kier alpha value is -3.17. The van der Waals surface area contributed by atoms with Crippen molar-refractivity contribution in [2.24, 2.45) is 5.92 Å². The van der Waals surface area contributed by atoms with E-state index in [0.29, 0.717) is 12.2 Å². The van der Waals surface area contributed by atoms with Gasteiger partial charge in [-0.2, -0.15) is 0 Å². The van der Waals surface area contributed by atoms with Gasteiger partial charge in [0.1, 0.15) is 0 Å². The number of fused-ring (bicyclic) bond motifs is 1. The van der Waals surface area contributed by atoms with E-state index in [1.54, 1.807) is 16.0 Å². The van der Waals surface area contributed by atoms with E-state index in [2.05, 4.69) is 29.0 Å². The predicted molar refractivity (Wildman–Crippen MR) is 129 cm³/mol. The molecule has 2 aromatic rings. The van der Waals surface area contributed by atoms with Crippen LogP contribution in [0.1, 0.15) is 54.8 Å². The second-order valence-electron chi connectivity index (χ2n) is 9.69. The average molecular weight is 458 g/mol. The normalized spacial score (nSPS) is 24.3. The summed E-state index contributed by atoms with van der Waals surface area (Å²) in [5, 5.41) is 10.0. The number of amides is 2. The van der Waals surface area contributed by atoms with Gasteiger partial charge in [0.15, 0.2) is 0 Å². The molecule has 3 fully saturated rings. The summed E-state index contributed by atoms with van der Waals surface area (Å²) in [6.07, 6.45) is 8.10. The molecule has 3 aliphatic rings. The molecule has 6 heteroatoms. The summed E-state index contributed by atoms with van der Waals surface area (Å²) in [6, 6.07) is 13.3. The van der Waals surface area contributed by atoms with Gasteiger partial charge in [0.05, 0.1) is 31.7 Å². The molecule has 3 atom stereocenters. The number of aliphatic hydroxyl groups is 1. The molecule has 3 heterocycles. The Morgan fingerprint density at radius 2 is 1.91 bits per heavy atom. The molecule has 1 N–H and O–H groups in total. The third kappa shape index (κ3) is 4.58. The number of carbonyl (C=O) groups excluding carboxylic acids is 2. The van der Waals surface area contributed by atoms with E-state index < -0.39 is 0 Å². The fourth-order valence-corrected chi connectivity index (χ4v) is 5.76. The van der Waals surface area contributed by atoms with E-state index in [4.69, 9.17) is 0 Å². The van der Waals surface area contributed by atoms with Gasteiger partial charge in [0.2, 0.25) is 11.8 Å². The SMILES string of the molecule is O=C(Cc1ccccn1)N1CC(=O)N2[C@H](CO)[C@H](c3ccc(C#CCC4CCCC4)cc3)[C@H]2C1. The zero-order valence-electron chi connectivity index (χ0n) is 19.4. The lowest BCUT2D eigenvalue weighted by molar-refractivity contribution is -0.166.